The molecule has 0 aliphatic rings. The van der Waals surface area contributed by atoms with Crippen LogP contribution in [0.5, 0.6) is 0 Å². The number of rotatable bonds is 6. The Kier molecular flexibility index (Phi) is 5.98. The van der Waals surface area contributed by atoms with Gasteiger partial charge in [0.05, 0.1) is 5.75 Å². The van der Waals surface area contributed by atoms with Crippen LogP contribution in [0.2, 0.25) is 5.02 Å². The van der Waals surface area contributed by atoms with E-state index in [4.69, 9.17) is 11.6 Å². The standard InChI is InChI=1S/C13H19ClN2O3S/c1-4-20(18,19)15-7-8-16(11(3)17)12-6-5-10(2)13(14)9-12/h5-6,9,15H,4,7-8H2,1-3H3. The van der Waals surface area contributed by atoms with Gasteiger partial charge in [0.1, 0.15) is 0 Å². The first-order valence-electron chi connectivity index (χ1n) is 6.28. The lowest BCUT2D eigenvalue weighted by Crippen LogP contribution is -2.38. The van der Waals surface area contributed by atoms with Crippen LogP contribution in [0.3, 0.4) is 0 Å². The first-order chi connectivity index (χ1) is 9.26. The van der Waals surface area contributed by atoms with Crippen molar-refractivity contribution in [1.29, 1.82) is 0 Å². The molecule has 5 nitrogen and oxygen atoms in total. The Labute approximate surface area is 125 Å². The fourth-order valence-corrected chi connectivity index (χ4v) is 2.41. The average Bonchev–Trinajstić information content (AvgIpc) is 2.38. The molecule has 1 N–H and O–H groups in total. The SMILES string of the molecule is CCS(=O)(=O)NCCN(C(C)=O)c1ccc(C)c(Cl)c1. The normalized spacial score (nSPS) is 11.4. The van der Waals surface area contributed by atoms with Crippen molar-refractivity contribution in [3.05, 3.63) is 28.8 Å². The zero-order valence-electron chi connectivity index (χ0n) is 11.8. The third-order valence-corrected chi connectivity index (χ3v) is 4.70. The van der Waals surface area contributed by atoms with Crippen LogP contribution >= 0.6 is 11.6 Å². The van der Waals surface area contributed by atoms with Crippen molar-refractivity contribution in [2.75, 3.05) is 23.7 Å². The molecule has 0 heterocycles. The number of sulfonamides is 1. The number of aryl methyl sites for hydroxylation is 1. The second kappa shape index (κ2) is 7.06. The fourth-order valence-electron chi connectivity index (χ4n) is 1.63. The van der Waals surface area contributed by atoms with E-state index in [1.165, 1.54) is 11.8 Å². The molecule has 0 saturated carbocycles. The van der Waals surface area contributed by atoms with E-state index in [0.717, 1.165) is 5.56 Å². The summed E-state index contributed by atoms with van der Waals surface area (Å²) in [5, 5.41) is 0.572. The highest BCUT2D eigenvalue weighted by atomic mass is 35.5. The number of carbonyl (C=O) groups excluding carboxylic acids is 1. The largest absolute Gasteiger partial charge is 0.311 e. The van der Waals surface area contributed by atoms with Crippen molar-refractivity contribution < 1.29 is 13.2 Å². The van der Waals surface area contributed by atoms with Crippen molar-refractivity contribution in [1.82, 2.24) is 4.72 Å². The van der Waals surface area contributed by atoms with E-state index in [1.807, 2.05) is 13.0 Å². The van der Waals surface area contributed by atoms with Crippen LogP contribution in [0.25, 0.3) is 0 Å². The number of amides is 1. The van der Waals surface area contributed by atoms with Gasteiger partial charge in [0.15, 0.2) is 0 Å². The van der Waals surface area contributed by atoms with Gasteiger partial charge >= 0.3 is 0 Å². The molecular weight excluding hydrogens is 300 g/mol. The average molecular weight is 319 g/mol. The summed E-state index contributed by atoms with van der Waals surface area (Å²) in [5.41, 5.74) is 1.58. The predicted octanol–water partition coefficient (Wildman–Crippen LogP) is 1.94. The van der Waals surface area contributed by atoms with Gasteiger partial charge in [-0.05, 0) is 31.5 Å². The summed E-state index contributed by atoms with van der Waals surface area (Å²) >= 11 is 6.04. The van der Waals surface area contributed by atoms with Crippen LogP contribution < -0.4 is 9.62 Å². The molecule has 0 spiro atoms. The van der Waals surface area contributed by atoms with E-state index in [-0.39, 0.29) is 24.7 Å². The number of halogens is 1. The zero-order chi connectivity index (χ0) is 15.3. The first-order valence-corrected chi connectivity index (χ1v) is 8.31. The van der Waals surface area contributed by atoms with Gasteiger partial charge in [-0.15, -0.1) is 0 Å². The summed E-state index contributed by atoms with van der Waals surface area (Å²) < 4.78 is 25.1. The minimum Gasteiger partial charge on any atom is -0.311 e. The quantitative estimate of drug-likeness (QED) is 0.871. The maximum absolute atomic E-state index is 11.7. The van der Waals surface area contributed by atoms with Gasteiger partial charge in [-0.1, -0.05) is 17.7 Å². The number of anilines is 1. The third kappa shape index (κ3) is 4.77. The molecule has 0 unspecified atom stereocenters. The summed E-state index contributed by atoms with van der Waals surface area (Å²) in [7, 11) is -3.25. The molecule has 0 aliphatic heterocycles. The van der Waals surface area contributed by atoms with E-state index in [2.05, 4.69) is 4.72 Å². The summed E-state index contributed by atoms with van der Waals surface area (Å²) in [4.78, 5) is 13.2. The van der Waals surface area contributed by atoms with Crippen molar-refractivity contribution in [3.63, 3.8) is 0 Å². The molecule has 1 aromatic carbocycles. The minimum absolute atomic E-state index is 0.0173. The van der Waals surface area contributed by atoms with E-state index in [1.54, 1.807) is 19.1 Å². The van der Waals surface area contributed by atoms with Crippen LogP contribution in [0.1, 0.15) is 19.4 Å². The maximum atomic E-state index is 11.7. The number of hydrogen-bond acceptors (Lipinski definition) is 3. The van der Waals surface area contributed by atoms with Crippen molar-refractivity contribution >= 4 is 33.2 Å². The number of carbonyl (C=O) groups is 1. The molecule has 0 fully saturated rings. The van der Waals surface area contributed by atoms with Crippen LogP contribution in [-0.2, 0) is 14.8 Å². The van der Waals surface area contributed by atoms with Crippen LogP contribution in [0, 0.1) is 6.92 Å². The van der Waals surface area contributed by atoms with Gasteiger partial charge in [0, 0.05) is 30.7 Å². The lowest BCUT2D eigenvalue weighted by molar-refractivity contribution is -0.116. The number of nitrogens with one attached hydrogen (secondary N) is 1. The topological polar surface area (TPSA) is 66.5 Å². The fraction of sp³-hybridized carbons (Fsp3) is 0.462. The molecule has 112 valence electrons. The van der Waals surface area contributed by atoms with Gasteiger partial charge < -0.3 is 4.90 Å². The Hall–Kier alpha value is -1.11. The minimum atomic E-state index is -3.25. The monoisotopic (exact) mass is 318 g/mol. The van der Waals surface area contributed by atoms with Crippen LogP contribution in [0.15, 0.2) is 18.2 Å². The molecule has 0 atom stereocenters. The Morgan fingerprint density at radius 1 is 1.40 bits per heavy atom. The van der Waals surface area contributed by atoms with E-state index >= 15 is 0 Å². The molecule has 1 rings (SSSR count). The summed E-state index contributed by atoms with van der Waals surface area (Å²) in [6.45, 7) is 5.29. The van der Waals surface area contributed by atoms with Gasteiger partial charge in [-0.2, -0.15) is 0 Å². The first kappa shape index (κ1) is 16.9. The second-order valence-corrected chi connectivity index (χ2v) is 6.90. The summed E-state index contributed by atoms with van der Waals surface area (Å²) in [6.07, 6.45) is 0. The Morgan fingerprint density at radius 2 is 2.05 bits per heavy atom. The zero-order valence-corrected chi connectivity index (χ0v) is 13.4. The van der Waals surface area contributed by atoms with E-state index in [9.17, 15) is 13.2 Å². The van der Waals surface area contributed by atoms with Crippen LogP contribution in [-0.4, -0.2) is 33.2 Å². The molecule has 1 amide bonds. The molecule has 0 saturated heterocycles. The number of benzene rings is 1. The molecule has 7 heteroatoms. The Morgan fingerprint density at radius 3 is 2.55 bits per heavy atom. The Bertz CT molecular complexity index is 587. The molecule has 0 radical (unpaired) electrons. The molecule has 0 aliphatic carbocycles. The molecule has 20 heavy (non-hydrogen) atoms. The molecule has 1 aromatic rings. The van der Waals surface area contributed by atoms with Crippen molar-refractivity contribution in [3.8, 4) is 0 Å². The molecule has 0 bridgehead atoms. The third-order valence-electron chi connectivity index (χ3n) is 2.88. The van der Waals surface area contributed by atoms with Gasteiger partial charge in [0.25, 0.3) is 0 Å². The molecule has 0 aromatic heterocycles. The van der Waals surface area contributed by atoms with Gasteiger partial charge in [-0.25, -0.2) is 13.1 Å². The number of hydrogen-bond donors (Lipinski definition) is 1. The predicted molar refractivity (Wildman–Crippen MR) is 81.7 cm³/mol. The smallest absolute Gasteiger partial charge is 0.223 e. The maximum Gasteiger partial charge on any atom is 0.223 e. The second-order valence-electron chi connectivity index (χ2n) is 4.40. The highest BCUT2D eigenvalue weighted by Gasteiger charge is 2.14. The summed E-state index contributed by atoms with van der Waals surface area (Å²) in [6, 6.07) is 5.31. The van der Waals surface area contributed by atoms with Gasteiger partial charge in [0.2, 0.25) is 15.9 Å². The van der Waals surface area contributed by atoms with E-state index < -0.39 is 10.0 Å². The summed E-state index contributed by atoms with van der Waals surface area (Å²) in [5.74, 6) is -0.149. The van der Waals surface area contributed by atoms with E-state index in [0.29, 0.717) is 10.7 Å². The van der Waals surface area contributed by atoms with Gasteiger partial charge in [-0.3, -0.25) is 4.79 Å². The Balaban J connectivity index is 2.80. The van der Waals surface area contributed by atoms with Crippen molar-refractivity contribution in [2.24, 2.45) is 0 Å². The molecular formula is C13H19ClN2O3S. The number of nitrogens with zero attached hydrogens (tertiary/aromatic N) is 1. The van der Waals surface area contributed by atoms with Crippen molar-refractivity contribution in [2.45, 2.75) is 20.8 Å². The highest BCUT2D eigenvalue weighted by Crippen LogP contribution is 2.23. The highest BCUT2D eigenvalue weighted by molar-refractivity contribution is 7.89. The van der Waals surface area contributed by atoms with Crippen LogP contribution in [0.4, 0.5) is 5.69 Å². The lowest BCUT2D eigenvalue weighted by Gasteiger charge is -2.22. The lowest BCUT2D eigenvalue weighted by atomic mass is 10.2.